The quantitative estimate of drug-likeness (QED) is 0.499. The van der Waals surface area contributed by atoms with Crippen LogP contribution >= 0.6 is 11.3 Å². The SMILES string of the molecule is CCOC(=O)c1c(NC(=O)c2ccc(Oc3ccc(OC)cc3)cc2)sc(C)c1C. The van der Waals surface area contributed by atoms with Gasteiger partial charge in [0.05, 0.1) is 19.3 Å². The molecule has 7 heteroatoms. The molecule has 3 aromatic rings. The fraction of sp³-hybridized carbons (Fsp3) is 0.217. The van der Waals surface area contributed by atoms with Crippen molar-refractivity contribution in [3.8, 4) is 17.2 Å². The number of esters is 1. The highest BCUT2D eigenvalue weighted by Crippen LogP contribution is 2.33. The van der Waals surface area contributed by atoms with Crippen LogP contribution in [-0.2, 0) is 4.74 Å². The normalized spacial score (nSPS) is 10.4. The molecule has 0 unspecified atom stereocenters. The number of ether oxygens (including phenoxy) is 3. The number of amides is 1. The molecule has 0 saturated heterocycles. The Morgan fingerprint density at radius 2 is 1.50 bits per heavy atom. The lowest BCUT2D eigenvalue weighted by atomic mass is 10.1. The van der Waals surface area contributed by atoms with Crippen molar-refractivity contribution in [2.75, 3.05) is 19.0 Å². The average Bonchev–Trinajstić information content (AvgIpc) is 3.02. The van der Waals surface area contributed by atoms with Crippen LogP contribution in [-0.4, -0.2) is 25.6 Å². The van der Waals surface area contributed by atoms with E-state index in [1.54, 1.807) is 50.4 Å². The van der Waals surface area contributed by atoms with E-state index >= 15 is 0 Å². The van der Waals surface area contributed by atoms with Crippen molar-refractivity contribution in [3.05, 3.63) is 70.1 Å². The summed E-state index contributed by atoms with van der Waals surface area (Å²) >= 11 is 1.36. The Kier molecular flexibility index (Phi) is 6.74. The molecule has 0 radical (unpaired) electrons. The smallest absolute Gasteiger partial charge is 0.341 e. The molecule has 0 aliphatic rings. The Labute approximate surface area is 179 Å². The molecule has 1 heterocycles. The van der Waals surface area contributed by atoms with E-state index in [-0.39, 0.29) is 12.5 Å². The highest BCUT2D eigenvalue weighted by atomic mass is 32.1. The van der Waals surface area contributed by atoms with Crippen molar-refractivity contribution in [3.63, 3.8) is 0 Å². The second-order valence-corrected chi connectivity index (χ2v) is 7.69. The van der Waals surface area contributed by atoms with Crippen molar-refractivity contribution < 1.29 is 23.8 Å². The fourth-order valence-electron chi connectivity index (χ4n) is 2.79. The van der Waals surface area contributed by atoms with E-state index in [4.69, 9.17) is 14.2 Å². The minimum atomic E-state index is -0.433. The summed E-state index contributed by atoms with van der Waals surface area (Å²) in [6, 6.07) is 14.0. The summed E-state index contributed by atoms with van der Waals surface area (Å²) < 4.78 is 16.0. The van der Waals surface area contributed by atoms with Crippen LogP contribution in [0, 0.1) is 13.8 Å². The molecular weight excluding hydrogens is 402 g/mol. The summed E-state index contributed by atoms with van der Waals surface area (Å²) in [4.78, 5) is 25.9. The van der Waals surface area contributed by atoms with Crippen LogP contribution in [0.3, 0.4) is 0 Å². The number of carbonyl (C=O) groups is 2. The maximum absolute atomic E-state index is 12.7. The molecule has 3 rings (SSSR count). The van der Waals surface area contributed by atoms with E-state index in [9.17, 15) is 9.59 Å². The van der Waals surface area contributed by atoms with Crippen molar-refractivity contribution in [1.29, 1.82) is 0 Å². The minimum Gasteiger partial charge on any atom is -0.497 e. The molecule has 2 aromatic carbocycles. The van der Waals surface area contributed by atoms with Gasteiger partial charge >= 0.3 is 5.97 Å². The maximum Gasteiger partial charge on any atom is 0.341 e. The molecule has 156 valence electrons. The first-order valence-corrected chi connectivity index (χ1v) is 10.2. The number of benzene rings is 2. The Hall–Kier alpha value is -3.32. The van der Waals surface area contributed by atoms with Gasteiger partial charge in [0.2, 0.25) is 0 Å². The largest absolute Gasteiger partial charge is 0.497 e. The third-order valence-corrected chi connectivity index (χ3v) is 5.63. The third kappa shape index (κ3) is 4.80. The van der Waals surface area contributed by atoms with Crippen LogP contribution in [0.1, 0.15) is 38.1 Å². The van der Waals surface area contributed by atoms with Gasteiger partial charge in [-0.15, -0.1) is 11.3 Å². The number of aryl methyl sites for hydroxylation is 1. The van der Waals surface area contributed by atoms with Gasteiger partial charge in [-0.1, -0.05) is 0 Å². The molecule has 0 atom stereocenters. The lowest BCUT2D eigenvalue weighted by Crippen LogP contribution is -2.14. The first-order valence-electron chi connectivity index (χ1n) is 9.43. The highest BCUT2D eigenvalue weighted by Gasteiger charge is 2.22. The van der Waals surface area contributed by atoms with Crippen molar-refractivity contribution in [2.24, 2.45) is 0 Å². The van der Waals surface area contributed by atoms with Crippen LogP contribution in [0.25, 0.3) is 0 Å². The number of hydrogen-bond acceptors (Lipinski definition) is 6. The number of carbonyl (C=O) groups excluding carboxylic acids is 2. The molecule has 0 spiro atoms. The molecule has 0 saturated carbocycles. The van der Waals surface area contributed by atoms with Crippen LogP contribution in [0.2, 0.25) is 0 Å². The van der Waals surface area contributed by atoms with Crippen LogP contribution in [0.5, 0.6) is 17.2 Å². The topological polar surface area (TPSA) is 73.9 Å². The zero-order valence-corrected chi connectivity index (χ0v) is 18.1. The molecule has 1 amide bonds. The first kappa shape index (κ1) is 21.4. The van der Waals surface area contributed by atoms with Crippen LogP contribution < -0.4 is 14.8 Å². The summed E-state index contributed by atoms with van der Waals surface area (Å²) in [7, 11) is 1.61. The van der Waals surface area contributed by atoms with Crippen molar-refractivity contribution in [1.82, 2.24) is 0 Å². The average molecular weight is 426 g/mol. The van der Waals surface area contributed by atoms with Gasteiger partial charge in [0, 0.05) is 10.4 Å². The van der Waals surface area contributed by atoms with Gasteiger partial charge in [0.25, 0.3) is 5.91 Å². The zero-order chi connectivity index (χ0) is 21.7. The van der Waals surface area contributed by atoms with E-state index in [0.717, 1.165) is 16.2 Å². The number of rotatable bonds is 7. The molecule has 0 aliphatic heterocycles. The van der Waals surface area contributed by atoms with Crippen molar-refractivity contribution >= 4 is 28.2 Å². The molecule has 30 heavy (non-hydrogen) atoms. The van der Waals surface area contributed by atoms with Gasteiger partial charge in [-0.3, -0.25) is 4.79 Å². The summed E-state index contributed by atoms with van der Waals surface area (Å²) in [5.74, 6) is 1.27. The van der Waals surface area contributed by atoms with Gasteiger partial charge in [0.1, 0.15) is 22.2 Å². The number of thiophene rings is 1. The zero-order valence-electron chi connectivity index (χ0n) is 17.3. The predicted octanol–water partition coefficient (Wildman–Crippen LogP) is 5.59. The van der Waals surface area contributed by atoms with E-state index in [0.29, 0.717) is 27.6 Å². The van der Waals surface area contributed by atoms with Crippen LogP contribution in [0.4, 0.5) is 5.00 Å². The van der Waals surface area contributed by atoms with Gasteiger partial charge < -0.3 is 19.5 Å². The van der Waals surface area contributed by atoms with Crippen LogP contribution in [0.15, 0.2) is 48.5 Å². The first-order chi connectivity index (χ1) is 14.4. The van der Waals surface area contributed by atoms with Gasteiger partial charge in [-0.2, -0.15) is 0 Å². The monoisotopic (exact) mass is 425 g/mol. The van der Waals surface area contributed by atoms with Crippen molar-refractivity contribution in [2.45, 2.75) is 20.8 Å². The Bertz CT molecular complexity index is 1040. The standard InChI is InChI=1S/C23H23NO5S/c1-5-28-23(26)20-14(2)15(3)30-22(20)24-21(25)16-6-8-18(9-7-16)29-19-12-10-17(27-4)11-13-19/h6-13H,5H2,1-4H3,(H,24,25). The number of anilines is 1. The fourth-order valence-corrected chi connectivity index (χ4v) is 3.84. The van der Waals surface area contributed by atoms with E-state index in [1.165, 1.54) is 11.3 Å². The molecule has 0 aliphatic carbocycles. The van der Waals surface area contributed by atoms with Gasteiger partial charge in [-0.05, 0) is 74.9 Å². The molecule has 0 fully saturated rings. The van der Waals surface area contributed by atoms with Gasteiger partial charge in [-0.25, -0.2) is 4.79 Å². The van der Waals surface area contributed by atoms with Gasteiger partial charge in [0.15, 0.2) is 0 Å². The molecule has 6 nitrogen and oxygen atoms in total. The molecule has 0 bridgehead atoms. The molecular formula is C23H23NO5S. The molecule has 1 aromatic heterocycles. The maximum atomic E-state index is 12.7. The third-order valence-electron chi connectivity index (χ3n) is 4.50. The van der Waals surface area contributed by atoms with E-state index in [1.807, 2.05) is 26.0 Å². The lowest BCUT2D eigenvalue weighted by molar-refractivity contribution is 0.0527. The minimum absolute atomic E-state index is 0.274. The summed E-state index contributed by atoms with van der Waals surface area (Å²) in [6.07, 6.45) is 0. The number of methoxy groups -OCH3 is 1. The second kappa shape index (κ2) is 9.45. The van der Waals surface area contributed by atoms with E-state index < -0.39 is 5.97 Å². The van der Waals surface area contributed by atoms with E-state index in [2.05, 4.69) is 5.32 Å². The second-order valence-electron chi connectivity index (χ2n) is 6.46. The summed E-state index contributed by atoms with van der Waals surface area (Å²) in [6.45, 7) is 5.78. The number of nitrogens with one attached hydrogen (secondary N) is 1. The Balaban J connectivity index is 1.72. The highest BCUT2D eigenvalue weighted by molar-refractivity contribution is 7.16. The Morgan fingerprint density at radius 1 is 0.933 bits per heavy atom. The molecule has 1 N–H and O–H groups in total. The predicted molar refractivity (Wildman–Crippen MR) is 117 cm³/mol. The number of hydrogen-bond donors (Lipinski definition) is 1. The Morgan fingerprint density at radius 3 is 2.07 bits per heavy atom. The summed E-state index contributed by atoms with van der Waals surface area (Å²) in [5.41, 5.74) is 1.68. The lowest BCUT2D eigenvalue weighted by Gasteiger charge is -2.09. The summed E-state index contributed by atoms with van der Waals surface area (Å²) in [5, 5.41) is 3.33.